The van der Waals surface area contributed by atoms with Gasteiger partial charge in [-0.2, -0.15) is 0 Å². The van der Waals surface area contributed by atoms with E-state index in [4.69, 9.17) is 9.47 Å². The van der Waals surface area contributed by atoms with E-state index < -0.39 is 20.0 Å². The van der Waals surface area contributed by atoms with Gasteiger partial charge in [0.15, 0.2) is 13.9 Å². The first-order valence-corrected chi connectivity index (χ1v) is 19.1. The van der Waals surface area contributed by atoms with Crippen LogP contribution in [0.4, 0.5) is 11.4 Å². The van der Waals surface area contributed by atoms with Crippen molar-refractivity contribution in [3.63, 3.8) is 0 Å². The zero-order valence-electron chi connectivity index (χ0n) is 26.9. The van der Waals surface area contributed by atoms with Crippen LogP contribution < -0.4 is 20.3 Å². The fourth-order valence-corrected chi connectivity index (χ4v) is 10.2. The second-order valence-electron chi connectivity index (χ2n) is 13.2. The molecule has 0 saturated carbocycles. The van der Waals surface area contributed by atoms with Crippen molar-refractivity contribution in [2.75, 3.05) is 30.5 Å². The van der Waals surface area contributed by atoms with Crippen molar-refractivity contribution < 1.29 is 29.0 Å². The Bertz CT molecular complexity index is 1590. The maximum Gasteiger partial charge on any atom is 0.264 e. The molecule has 2 amide bonds. The largest absolute Gasteiger partial charge is 0.497 e. The molecule has 4 N–H and O–H groups in total. The Morgan fingerprint density at radius 1 is 1.26 bits per heavy atom. The zero-order chi connectivity index (χ0) is 32.6. The fraction of sp³-hybridized carbons (Fsp3) is 0.515. The molecule has 0 unspecified atom stereocenters. The monoisotopic (exact) mass is 648 g/mol. The van der Waals surface area contributed by atoms with Crippen LogP contribution >= 0.6 is 0 Å². The SMILES string of the molecule is COc1ccc2c(c1)[C@@]1(O[C@H](CCn3cc(CCO)nn3)[C@@H]([Si](C)(C)O)[C@@H]1C)C(=O)N2Cc1cccc(NC(=O)[C@H]2CCCN2)c1. The molecule has 3 aliphatic heterocycles. The van der Waals surface area contributed by atoms with E-state index in [1.54, 1.807) is 16.7 Å². The van der Waals surface area contributed by atoms with Gasteiger partial charge in [0.1, 0.15) is 5.75 Å². The van der Waals surface area contributed by atoms with Crippen LogP contribution in [0, 0.1) is 5.92 Å². The Kier molecular flexibility index (Phi) is 9.05. The molecule has 0 radical (unpaired) electrons. The number of hydrogen-bond acceptors (Lipinski definition) is 9. The maximum atomic E-state index is 14.8. The molecular formula is C33H44N6O6Si. The molecule has 13 heteroatoms. The first-order chi connectivity index (χ1) is 22.0. The van der Waals surface area contributed by atoms with Crippen molar-refractivity contribution in [2.45, 2.75) is 82.1 Å². The van der Waals surface area contributed by atoms with Gasteiger partial charge >= 0.3 is 0 Å². The number of aromatic nitrogens is 3. The van der Waals surface area contributed by atoms with Crippen LogP contribution in [-0.2, 0) is 39.4 Å². The number of nitrogens with one attached hydrogen (secondary N) is 2. The van der Waals surface area contributed by atoms with Crippen LogP contribution in [-0.4, -0.2) is 77.4 Å². The van der Waals surface area contributed by atoms with Gasteiger partial charge in [-0.25, -0.2) is 0 Å². The molecule has 3 aliphatic rings. The van der Waals surface area contributed by atoms with Crippen LogP contribution in [0.3, 0.4) is 0 Å². The van der Waals surface area contributed by atoms with Crippen molar-refractivity contribution in [3.8, 4) is 5.75 Å². The van der Waals surface area contributed by atoms with Gasteiger partial charge in [-0.15, -0.1) is 5.10 Å². The minimum Gasteiger partial charge on any atom is -0.497 e. The summed E-state index contributed by atoms with van der Waals surface area (Å²) in [7, 11) is -1.25. The lowest BCUT2D eigenvalue weighted by Gasteiger charge is -2.32. The Hall–Kier alpha value is -3.62. The highest BCUT2D eigenvalue weighted by atomic mass is 28.4. The summed E-state index contributed by atoms with van der Waals surface area (Å²) in [5.74, 6) is 0.0653. The highest BCUT2D eigenvalue weighted by molar-refractivity contribution is 6.71. The number of methoxy groups -OCH3 is 1. The summed E-state index contributed by atoms with van der Waals surface area (Å²) < 4.78 is 14.3. The van der Waals surface area contributed by atoms with E-state index in [0.717, 1.165) is 36.2 Å². The van der Waals surface area contributed by atoms with Gasteiger partial charge in [0.25, 0.3) is 5.91 Å². The van der Waals surface area contributed by atoms with Gasteiger partial charge in [-0.3, -0.25) is 14.3 Å². The third-order valence-corrected chi connectivity index (χ3v) is 12.2. The molecule has 0 bridgehead atoms. The molecule has 0 aliphatic carbocycles. The fourth-order valence-electron chi connectivity index (χ4n) is 7.61. The number of hydrogen-bond donors (Lipinski definition) is 4. The normalized spacial score (nSPS) is 25.8. The van der Waals surface area contributed by atoms with Crippen LogP contribution in [0.5, 0.6) is 5.75 Å². The van der Waals surface area contributed by atoms with Gasteiger partial charge in [-0.05, 0) is 74.8 Å². The van der Waals surface area contributed by atoms with E-state index in [1.165, 1.54) is 0 Å². The van der Waals surface area contributed by atoms with Crippen LogP contribution in [0.1, 0.15) is 43.0 Å². The first kappa shape index (κ1) is 32.3. The van der Waals surface area contributed by atoms with Crippen molar-refractivity contribution in [1.29, 1.82) is 0 Å². The quantitative estimate of drug-likeness (QED) is 0.230. The second-order valence-corrected chi connectivity index (χ2v) is 17.2. The molecule has 6 rings (SSSR count). The number of aliphatic hydroxyl groups is 1. The number of aryl methyl sites for hydroxylation is 1. The molecule has 12 nitrogen and oxygen atoms in total. The summed E-state index contributed by atoms with van der Waals surface area (Å²) in [6.07, 6.45) is 4.15. The molecule has 3 aromatic rings. The molecule has 2 aromatic carbocycles. The number of amides is 2. The highest BCUT2D eigenvalue weighted by Crippen LogP contribution is 2.60. The van der Waals surface area contributed by atoms with Crippen molar-refractivity contribution >= 4 is 31.5 Å². The third-order valence-electron chi connectivity index (χ3n) is 9.70. The summed E-state index contributed by atoms with van der Waals surface area (Å²) in [6, 6.07) is 13.0. The number of rotatable bonds is 11. The Balaban J connectivity index is 1.30. The number of benzene rings is 2. The van der Waals surface area contributed by atoms with E-state index in [9.17, 15) is 19.5 Å². The topological polar surface area (TPSA) is 151 Å². The number of nitrogens with zero attached hydrogens (tertiary/aromatic N) is 4. The third kappa shape index (κ3) is 5.97. The molecule has 2 saturated heterocycles. The highest BCUT2D eigenvalue weighted by Gasteiger charge is 2.66. The van der Waals surface area contributed by atoms with Crippen molar-refractivity contribution in [3.05, 3.63) is 65.5 Å². The average molecular weight is 649 g/mol. The lowest BCUT2D eigenvalue weighted by Crippen LogP contribution is -2.46. The summed E-state index contributed by atoms with van der Waals surface area (Å²) in [4.78, 5) is 40.9. The number of aliphatic hydroxyl groups excluding tert-OH is 1. The van der Waals surface area contributed by atoms with E-state index in [2.05, 4.69) is 20.9 Å². The lowest BCUT2D eigenvalue weighted by molar-refractivity contribution is -0.146. The summed E-state index contributed by atoms with van der Waals surface area (Å²) in [6.45, 7) is 7.43. The molecule has 246 valence electrons. The summed E-state index contributed by atoms with van der Waals surface area (Å²) >= 11 is 0. The van der Waals surface area contributed by atoms with Gasteiger partial charge in [0, 0.05) is 48.5 Å². The van der Waals surface area contributed by atoms with Crippen LogP contribution in [0.15, 0.2) is 48.7 Å². The smallest absolute Gasteiger partial charge is 0.264 e. The van der Waals surface area contributed by atoms with E-state index in [-0.39, 0.29) is 42.5 Å². The number of carbonyl (C=O) groups excluding carboxylic acids is 2. The molecule has 46 heavy (non-hydrogen) atoms. The zero-order valence-corrected chi connectivity index (χ0v) is 27.9. The van der Waals surface area contributed by atoms with Crippen molar-refractivity contribution in [1.82, 2.24) is 20.3 Å². The summed E-state index contributed by atoms with van der Waals surface area (Å²) in [5.41, 5.74) is 2.18. The van der Waals surface area contributed by atoms with Crippen LogP contribution in [0.2, 0.25) is 18.6 Å². The number of anilines is 2. The molecule has 1 spiro atoms. The van der Waals surface area contributed by atoms with Gasteiger partial charge in [0.05, 0.1) is 37.2 Å². The number of ether oxygens (including phenoxy) is 2. The van der Waals surface area contributed by atoms with E-state index in [1.807, 2.05) is 68.7 Å². The standard InChI is InChI=1S/C33H44N6O6Si/c1-21-30(46(3,4)43)29(12-15-38-20-24(13-16-40)36-37-38)45-33(21)26-18-25(44-2)10-11-28(26)39(32(33)42)19-22-7-5-8-23(17-22)35-31(41)27-9-6-14-34-27/h5,7-8,10-11,17-18,20-21,27,29-30,34,40,43H,6,9,12-16,19H2,1-4H3,(H,35,41)/t21-,27+,29+,30-,33+/m0/s1. The lowest BCUT2D eigenvalue weighted by atomic mass is 9.82. The Morgan fingerprint density at radius 3 is 2.80 bits per heavy atom. The predicted molar refractivity (Wildman–Crippen MR) is 175 cm³/mol. The predicted octanol–water partition coefficient (Wildman–Crippen LogP) is 2.95. The molecule has 4 heterocycles. The molecule has 1 aromatic heterocycles. The minimum atomic E-state index is -2.84. The second kappa shape index (κ2) is 12.9. The van der Waals surface area contributed by atoms with Crippen LogP contribution in [0.25, 0.3) is 0 Å². The minimum absolute atomic E-state index is 0.00476. The van der Waals surface area contributed by atoms with Gasteiger partial charge < -0.3 is 34.9 Å². The summed E-state index contributed by atoms with van der Waals surface area (Å²) in [5, 5.41) is 23.8. The van der Waals surface area contributed by atoms with Gasteiger partial charge in [-0.1, -0.05) is 24.3 Å². The Morgan fingerprint density at radius 2 is 2.09 bits per heavy atom. The van der Waals surface area contributed by atoms with Gasteiger partial charge in [0.2, 0.25) is 5.91 Å². The van der Waals surface area contributed by atoms with E-state index >= 15 is 0 Å². The maximum absolute atomic E-state index is 14.8. The van der Waals surface area contributed by atoms with E-state index in [0.29, 0.717) is 36.5 Å². The number of fused-ring (bicyclic) bond motifs is 2. The molecule has 2 fully saturated rings. The van der Waals surface area contributed by atoms with Crippen molar-refractivity contribution in [2.24, 2.45) is 5.92 Å². The molecule has 5 atom stereocenters. The first-order valence-electron chi connectivity index (χ1n) is 16.1. The number of carbonyl (C=O) groups is 2. The Labute approximate surface area is 270 Å². The average Bonchev–Trinajstić information content (AvgIpc) is 3.81. The molecular weight excluding hydrogens is 604 g/mol.